The molecule has 5 aromatic rings. The van der Waals surface area contributed by atoms with Crippen molar-refractivity contribution in [3.63, 3.8) is 0 Å². The Morgan fingerprint density at radius 3 is 2.64 bits per heavy atom. The van der Waals surface area contributed by atoms with E-state index in [1.54, 1.807) is 18.6 Å². The van der Waals surface area contributed by atoms with Gasteiger partial charge in [0.05, 0.1) is 29.5 Å². The first-order chi connectivity index (χ1) is 21.8. The lowest BCUT2D eigenvalue weighted by molar-refractivity contribution is -0.139. The Kier molecular flexibility index (Phi) is 9.12. The van der Waals surface area contributed by atoms with Gasteiger partial charge >= 0.3 is 5.97 Å². The number of para-hydroxylation sites is 1. The number of esters is 1. The van der Waals surface area contributed by atoms with Crippen LogP contribution in [-0.4, -0.2) is 28.8 Å². The van der Waals surface area contributed by atoms with Crippen molar-refractivity contribution in [3.05, 3.63) is 130 Å². The van der Waals surface area contributed by atoms with Gasteiger partial charge in [0.25, 0.3) is 5.56 Å². The number of carbonyl (C=O) groups is 1. The number of allylic oxidation sites excluding steroid dienone is 1. The van der Waals surface area contributed by atoms with E-state index >= 15 is 0 Å². The summed E-state index contributed by atoms with van der Waals surface area (Å²) in [4.78, 5) is 33.4. The van der Waals surface area contributed by atoms with Gasteiger partial charge in [0, 0.05) is 44.3 Å². The maximum Gasteiger partial charge on any atom is 0.338 e. The molecule has 3 aromatic carbocycles. The second kappa shape index (κ2) is 13.2. The van der Waals surface area contributed by atoms with Crippen LogP contribution in [0.25, 0.3) is 17.0 Å². The summed E-state index contributed by atoms with van der Waals surface area (Å²) in [5.41, 5.74) is 4.33. The van der Waals surface area contributed by atoms with Crippen molar-refractivity contribution in [3.8, 4) is 5.75 Å². The van der Waals surface area contributed by atoms with Crippen molar-refractivity contribution in [1.29, 1.82) is 0 Å². The summed E-state index contributed by atoms with van der Waals surface area (Å²) < 4.78 is 16.3. The van der Waals surface area contributed by atoms with Gasteiger partial charge in [0.2, 0.25) is 0 Å². The van der Waals surface area contributed by atoms with Gasteiger partial charge in [0.1, 0.15) is 11.8 Å². The molecule has 0 fully saturated rings. The molecular formula is C35H31BrClN3O4S. The number of aromatic nitrogens is 2. The Labute approximate surface area is 277 Å². The van der Waals surface area contributed by atoms with Crippen LogP contribution >= 0.6 is 38.9 Å². The van der Waals surface area contributed by atoms with Gasteiger partial charge in [-0.15, -0.1) is 0 Å². The molecule has 0 amide bonds. The largest absolute Gasteiger partial charge is 0.496 e. The van der Waals surface area contributed by atoms with Crippen molar-refractivity contribution < 1.29 is 14.3 Å². The van der Waals surface area contributed by atoms with E-state index in [4.69, 9.17) is 26.1 Å². The molecule has 0 unspecified atom stereocenters. The number of rotatable bonds is 9. The zero-order valence-corrected chi connectivity index (χ0v) is 28.2. The van der Waals surface area contributed by atoms with E-state index in [1.165, 1.54) is 11.3 Å². The molecule has 6 rings (SSSR count). The van der Waals surface area contributed by atoms with Crippen LogP contribution in [0.15, 0.2) is 98.5 Å². The van der Waals surface area contributed by atoms with Crippen LogP contribution in [0.3, 0.4) is 0 Å². The molecule has 0 radical (unpaired) electrons. The highest BCUT2D eigenvalue weighted by atomic mass is 79.9. The smallest absolute Gasteiger partial charge is 0.338 e. The minimum Gasteiger partial charge on any atom is -0.496 e. The van der Waals surface area contributed by atoms with Crippen LogP contribution < -0.4 is 19.6 Å². The van der Waals surface area contributed by atoms with Crippen LogP contribution in [0.4, 0.5) is 0 Å². The molecule has 2 aromatic heterocycles. The van der Waals surface area contributed by atoms with Crippen LogP contribution in [0.2, 0.25) is 5.02 Å². The summed E-state index contributed by atoms with van der Waals surface area (Å²) in [5, 5.41) is 1.72. The molecule has 0 saturated heterocycles. The quantitative estimate of drug-likeness (QED) is 0.155. The SMILES string of the molecule is CCCC1=C(C(=O)OCC)[C@H](c2cc(Br)ccc2OC)n2c(s/c(=C/c3cn(Cc4ccccc4Cl)c4ccccc34)c2=O)=N1. The molecule has 0 aliphatic carbocycles. The molecule has 0 N–H and O–H groups in total. The van der Waals surface area contributed by atoms with Gasteiger partial charge in [0.15, 0.2) is 4.80 Å². The minimum atomic E-state index is -0.780. The van der Waals surface area contributed by atoms with Crippen molar-refractivity contribution in [1.82, 2.24) is 9.13 Å². The molecule has 230 valence electrons. The predicted molar refractivity (Wildman–Crippen MR) is 183 cm³/mol. The Bertz CT molecular complexity index is 2150. The average Bonchev–Trinajstić information content (AvgIpc) is 3.54. The lowest BCUT2D eigenvalue weighted by Gasteiger charge is -2.27. The highest BCUT2D eigenvalue weighted by molar-refractivity contribution is 9.10. The van der Waals surface area contributed by atoms with E-state index in [0.717, 1.165) is 32.9 Å². The normalized spacial score (nSPS) is 14.9. The number of hydrogen-bond donors (Lipinski definition) is 0. The fourth-order valence-electron chi connectivity index (χ4n) is 5.81. The van der Waals surface area contributed by atoms with Gasteiger partial charge in [-0.1, -0.05) is 88.6 Å². The second-order valence-corrected chi connectivity index (χ2v) is 13.0. The molecule has 45 heavy (non-hydrogen) atoms. The molecular weight excluding hydrogens is 674 g/mol. The predicted octanol–water partition coefficient (Wildman–Crippen LogP) is 7.01. The Morgan fingerprint density at radius 2 is 1.89 bits per heavy atom. The third-order valence-electron chi connectivity index (χ3n) is 7.78. The molecule has 1 aliphatic rings. The summed E-state index contributed by atoms with van der Waals surface area (Å²) in [7, 11) is 1.58. The molecule has 1 aliphatic heterocycles. The molecule has 10 heteroatoms. The van der Waals surface area contributed by atoms with Crippen molar-refractivity contribution >= 4 is 61.8 Å². The first-order valence-corrected chi connectivity index (χ1v) is 16.7. The summed E-state index contributed by atoms with van der Waals surface area (Å²) in [5.74, 6) is 0.0635. The van der Waals surface area contributed by atoms with Crippen molar-refractivity contribution in [2.24, 2.45) is 4.99 Å². The van der Waals surface area contributed by atoms with E-state index in [0.29, 0.717) is 49.9 Å². The first-order valence-electron chi connectivity index (χ1n) is 14.7. The zero-order valence-electron chi connectivity index (χ0n) is 25.1. The lowest BCUT2D eigenvalue weighted by atomic mass is 9.93. The number of nitrogens with zero attached hydrogens (tertiary/aromatic N) is 3. The third-order valence-corrected chi connectivity index (χ3v) is 9.63. The molecule has 1 atom stereocenters. The summed E-state index contributed by atoms with van der Waals surface area (Å²) in [6, 6.07) is 20.7. The number of ether oxygens (including phenoxy) is 2. The zero-order chi connectivity index (χ0) is 31.7. The van der Waals surface area contributed by atoms with E-state index in [2.05, 4.69) is 32.6 Å². The van der Waals surface area contributed by atoms with Crippen LogP contribution in [-0.2, 0) is 16.1 Å². The van der Waals surface area contributed by atoms with E-state index in [1.807, 2.05) is 73.8 Å². The third kappa shape index (κ3) is 5.92. The highest BCUT2D eigenvalue weighted by Gasteiger charge is 2.36. The molecule has 7 nitrogen and oxygen atoms in total. The van der Waals surface area contributed by atoms with Gasteiger partial charge < -0.3 is 14.0 Å². The fourth-order valence-corrected chi connectivity index (χ4v) is 7.39. The summed E-state index contributed by atoms with van der Waals surface area (Å²) in [6.45, 7) is 4.59. The maximum absolute atomic E-state index is 14.4. The van der Waals surface area contributed by atoms with Gasteiger partial charge in [-0.3, -0.25) is 9.36 Å². The lowest BCUT2D eigenvalue weighted by Crippen LogP contribution is -2.40. The standard InChI is InChI=1S/C35H31BrClN3O4S/c1-4-10-27-31(34(42)44-5-2)32(25-18-23(36)15-16-29(25)43-3)40-33(41)30(45-35(40)38-27)17-22-20-39(28-14-9-7-12-24(22)28)19-21-11-6-8-13-26(21)37/h6-9,11-18,20,32H,4-5,10,19H2,1-3H3/b30-17+/t32-/m0/s1. The minimum absolute atomic E-state index is 0.201. The Balaban J connectivity index is 1.58. The number of methoxy groups -OCH3 is 1. The molecule has 0 bridgehead atoms. The monoisotopic (exact) mass is 703 g/mol. The second-order valence-electron chi connectivity index (χ2n) is 10.6. The number of halogens is 2. The number of hydrogen-bond acceptors (Lipinski definition) is 6. The van der Waals surface area contributed by atoms with Crippen LogP contribution in [0.1, 0.15) is 49.4 Å². The molecule has 0 spiro atoms. The topological polar surface area (TPSA) is 74.8 Å². The van der Waals surface area contributed by atoms with Gasteiger partial charge in [-0.2, -0.15) is 0 Å². The van der Waals surface area contributed by atoms with Gasteiger partial charge in [-0.05, 0) is 55.3 Å². The molecule has 3 heterocycles. The summed E-state index contributed by atoms with van der Waals surface area (Å²) in [6.07, 6.45) is 5.29. The number of benzene rings is 3. The number of carbonyl (C=O) groups excluding carboxylic acids is 1. The van der Waals surface area contributed by atoms with E-state index < -0.39 is 12.0 Å². The molecule has 0 saturated carbocycles. The Hall–Kier alpha value is -3.92. The van der Waals surface area contributed by atoms with E-state index in [-0.39, 0.29) is 12.2 Å². The van der Waals surface area contributed by atoms with E-state index in [9.17, 15) is 9.59 Å². The first kappa shape index (κ1) is 31.1. The van der Waals surface area contributed by atoms with Gasteiger partial charge in [-0.25, -0.2) is 9.79 Å². The number of thiazole rings is 1. The van der Waals surface area contributed by atoms with Crippen LogP contribution in [0.5, 0.6) is 5.75 Å². The number of fused-ring (bicyclic) bond motifs is 2. The average molecular weight is 705 g/mol. The van der Waals surface area contributed by atoms with Crippen LogP contribution in [0, 0.1) is 0 Å². The highest BCUT2D eigenvalue weighted by Crippen LogP contribution is 2.38. The Morgan fingerprint density at radius 1 is 1.11 bits per heavy atom. The summed E-state index contributed by atoms with van der Waals surface area (Å²) >= 11 is 11.4. The maximum atomic E-state index is 14.4. The van der Waals surface area contributed by atoms with Crippen molar-refractivity contribution in [2.75, 3.05) is 13.7 Å². The fraction of sp³-hybridized carbons (Fsp3) is 0.229. The van der Waals surface area contributed by atoms with Crippen molar-refractivity contribution in [2.45, 2.75) is 39.3 Å².